The number of carboxylic acid groups (broad SMARTS) is 1. The van der Waals surface area contributed by atoms with Crippen molar-refractivity contribution in [1.29, 1.82) is 0 Å². The van der Waals surface area contributed by atoms with E-state index in [4.69, 9.17) is 0 Å². The molecule has 3 aliphatic carbocycles. The molecule has 37 heavy (non-hydrogen) atoms. The first-order valence-corrected chi connectivity index (χ1v) is 13.3. The zero-order chi connectivity index (χ0) is 25.9. The summed E-state index contributed by atoms with van der Waals surface area (Å²) in [5.41, 5.74) is 5.57. The Morgan fingerprint density at radius 1 is 1.03 bits per heavy atom. The molecule has 3 aromatic carbocycles. The number of hydrogen-bond acceptors (Lipinski definition) is 2. The molecule has 1 N–H and O–H groups in total. The summed E-state index contributed by atoms with van der Waals surface area (Å²) in [7, 11) is 0. The minimum absolute atomic E-state index is 0.118. The SMILES string of the molecule is C=C(C(=O)N1CC2C3(c4ccc(CC)cc4)CCC(c4ccccc43)C2(C(=O)O)C1)c1ccccc1C. The summed E-state index contributed by atoms with van der Waals surface area (Å²) in [6.45, 7) is 8.91. The number of carboxylic acids is 1. The summed E-state index contributed by atoms with van der Waals surface area (Å²) in [5.74, 6) is -1.29. The predicted octanol–water partition coefficient (Wildman–Crippen LogP) is 5.98. The zero-order valence-corrected chi connectivity index (χ0v) is 21.5. The Hall–Kier alpha value is -3.66. The van der Waals surface area contributed by atoms with E-state index in [0.29, 0.717) is 12.1 Å². The number of rotatable bonds is 5. The number of carbonyl (C=O) groups is 2. The first-order valence-electron chi connectivity index (χ1n) is 13.3. The molecule has 1 aliphatic heterocycles. The minimum Gasteiger partial charge on any atom is -0.481 e. The molecule has 1 saturated carbocycles. The second-order valence-corrected chi connectivity index (χ2v) is 11.1. The van der Waals surface area contributed by atoms with Crippen molar-refractivity contribution >= 4 is 17.4 Å². The summed E-state index contributed by atoms with van der Waals surface area (Å²) < 4.78 is 0. The van der Waals surface area contributed by atoms with Gasteiger partial charge >= 0.3 is 5.97 Å². The summed E-state index contributed by atoms with van der Waals surface area (Å²) in [6, 6.07) is 24.9. The molecule has 4 heteroatoms. The maximum Gasteiger partial charge on any atom is 0.312 e. The van der Waals surface area contributed by atoms with Crippen molar-refractivity contribution in [2.75, 3.05) is 13.1 Å². The fraction of sp³-hybridized carbons (Fsp3) is 0.333. The van der Waals surface area contributed by atoms with Crippen LogP contribution < -0.4 is 0 Å². The molecule has 4 aliphatic rings. The van der Waals surface area contributed by atoms with Crippen LogP contribution in [-0.2, 0) is 21.4 Å². The van der Waals surface area contributed by atoms with Crippen LogP contribution in [0.3, 0.4) is 0 Å². The van der Waals surface area contributed by atoms with Gasteiger partial charge in [0.15, 0.2) is 0 Å². The number of carbonyl (C=O) groups excluding carboxylic acids is 1. The van der Waals surface area contributed by atoms with Crippen molar-refractivity contribution in [2.45, 2.75) is 44.4 Å². The number of nitrogens with zero attached hydrogens (tertiary/aromatic N) is 1. The minimum atomic E-state index is -1.03. The van der Waals surface area contributed by atoms with Gasteiger partial charge in [0.25, 0.3) is 5.91 Å². The van der Waals surface area contributed by atoms with E-state index < -0.39 is 16.8 Å². The summed E-state index contributed by atoms with van der Waals surface area (Å²) in [5, 5.41) is 10.9. The Labute approximate surface area is 218 Å². The van der Waals surface area contributed by atoms with Crippen LogP contribution in [0, 0.1) is 18.3 Å². The Bertz CT molecular complexity index is 1420. The molecule has 188 valence electrons. The molecule has 2 bridgehead atoms. The normalized spacial score (nSPS) is 27.5. The van der Waals surface area contributed by atoms with Gasteiger partial charge < -0.3 is 10.0 Å². The van der Waals surface area contributed by atoms with Gasteiger partial charge in [-0.3, -0.25) is 9.59 Å². The Morgan fingerprint density at radius 2 is 1.73 bits per heavy atom. The average Bonchev–Trinajstić information content (AvgIpc) is 3.37. The molecular weight excluding hydrogens is 458 g/mol. The van der Waals surface area contributed by atoms with Crippen molar-refractivity contribution in [3.05, 3.63) is 113 Å². The summed E-state index contributed by atoms with van der Waals surface area (Å²) in [4.78, 5) is 29.0. The molecule has 7 rings (SSSR count). The summed E-state index contributed by atoms with van der Waals surface area (Å²) >= 11 is 0. The molecule has 1 heterocycles. The number of likely N-dealkylation sites (tertiary alicyclic amines) is 1. The van der Waals surface area contributed by atoms with E-state index in [1.807, 2.05) is 37.3 Å². The van der Waals surface area contributed by atoms with Crippen LogP contribution in [0.25, 0.3) is 5.57 Å². The molecule has 4 nitrogen and oxygen atoms in total. The number of fused-ring (bicyclic) bond motifs is 1. The molecular formula is C33H33NO3. The van der Waals surface area contributed by atoms with Crippen LogP contribution in [0.2, 0.25) is 0 Å². The fourth-order valence-corrected chi connectivity index (χ4v) is 7.87. The van der Waals surface area contributed by atoms with Crippen molar-refractivity contribution in [2.24, 2.45) is 11.3 Å². The van der Waals surface area contributed by atoms with E-state index in [0.717, 1.165) is 41.5 Å². The topological polar surface area (TPSA) is 57.6 Å². The zero-order valence-electron chi connectivity index (χ0n) is 21.5. The van der Waals surface area contributed by atoms with Crippen molar-refractivity contribution < 1.29 is 14.7 Å². The fourth-order valence-electron chi connectivity index (χ4n) is 7.87. The van der Waals surface area contributed by atoms with Crippen LogP contribution in [0.15, 0.2) is 79.4 Å². The molecule has 4 atom stereocenters. The third-order valence-corrected chi connectivity index (χ3v) is 9.63. The van der Waals surface area contributed by atoms with Gasteiger partial charge in [-0.15, -0.1) is 0 Å². The van der Waals surface area contributed by atoms with Crippen LogP contribution >= 0.6 is 0 Å². The number of hydrogen-bond donors (Lipinski definition) is 1. The second kappa shape index (κ2) is 8.44. The standard InChI is InChI=1S/C33H33NO3/c1-4-23-13-15-24(16-14-23)32-18-17-28(26-11-7-8-12-27(26)32)33(31(36)37)20-34(19-29(32)33)30(35)22(3)25-10-6-5-9-21(25)2/h5-16,28-29H,3-4,17-20H2,1-2H3,(H,36,37). The van der Waals surface area contributed by atoms with Crippen LogP contribution in [0.5, 0.6) is 0 Å². The van der Waals surface area contributed by atoms with E-state index in [1.165, 1.54) is 11.1 Å². The maximum atomic E-state index is 13.9. The number of benzene rings is 3. The van der Waals surface area contributed by atoms with E-state index in [1.54, 1.807) is 4.90 Å². The van der Waals surface area contributed by atoms with Gasteiger partial charge in [0.2, 0.25) is 0 Å². The molecule has 3 aromatic rings. The largest absolute Gasteiger partial charge is 0.481 e. The van der Waals surface area contributed by atoms with Gasteiger partial charge in [-0.05, 0) is 59.6 Å². The van der Waals surface area contributed by atoms with Gasteiger partial charge in [-0.25, -0.2) is 0 Å². The molecule has 1 amide bonds. The Balaban J connectivity index is 1.50. The third kappa shape index (κ3) is 3.14. The van der Waals surface area contributed by atoms with Gasteiger partial charge in [0.1, 0.15) is 0 Å². The van der Waals surface area contributed by atoms with Gasteiger partial charge in [0.05, 0.1) is 5.41 Å². The highest BCUT2D eigenvalue weighted by atomic mass is 16.4. The molecule has 0 radical (unpaired) electrons. The average molecular weight is 492 g/mol. The highest BCUT2D eigenvalue weighted by molar-refractivity contribution is 6.19. The number of aliphatic carboxylic acids is 1. The van der Waals surface area contributed by atoms with E-state index in [9.17, 15) is 14.7 Å². The van der Waals surface area contributed by atoms with Crippen molar-refractivity contribution in [3.63, 3.8) is 0 Å². The van der Waals surface area contributed by atoms with E-state index in [2.05, 4.69) is 56.0 Å². The maximum absolute atomic E-state index is 13.9. The van der Waals surface area contributed by atoms with Gasteiger partial charge in [-0.2, -0.15) is 0 Å². The molecule has 0 aromatic heterocycles. The number of aryl methyl sites for hydroxylation is 2. The lowest BCUT2D eigenvalue weighted by Gasteiger charge is -2.59. The van der Waals surface area contributed by atoms with Crippen molar-refractivity contribution in [3.8, 4) is 0 Å². The first-order chi connectivity index (χ1) is 17.8. The Morgan fingerprint density at radius 3 is 2.43 bits per heavy atom. The van der Waals surface area contributed by atoms with Gasteiger partial charge in [-0.1, -0.05) is 86.3 Å². The van der Waals surface area contributed by atoms with Crippen LogP contribution in [0.4, 0.5) is 0 Å². The highest BCUT2D eigenvalue weighted by Crippen LogP contribution is 2.69. The van der Waals surface area contributed by atoms with E-state index in [-0.39, 0.29) is 24.3 Å². The quantitative estimate of drug-likeness (QED) is 0.447. The highest BCUT2D eigenvalue weighted by Gasteiger charge is 2.70. The monoisotopic (exact) mass is 491 g/mol. The first kappa shape index (κ1) is 23.7. The summed E-state index contributed by atoms with van der Waals surface area (Å²) in [6.07, 6.45) is 2.65. The number of amides is 1. The lowest BCUT2D eigenvalue weighted by Crippen LogP contribution is -2.60. The lowest BCUT2D eigenvalue weighted by atomic mass is 9.42. The lowest BCUT2D eigenvalue weighted by molar-refractivity contribution is -0.157. The van der Waals surface area contributed by atoms with Crippen molar-refractivity contribution in [1.82, 2.24) is 4.90 Å². The van der Waals surface area contributed by atoms with Crippen LogP contribution in [-0.4, -0.2) is 35.0 Å². The predicted molar refractivity (Wildman–Crippen MR) is 145 cm³/mol. The second-order valence-electron chi connectivity index (χ2n) is 11.1. The third-order valence-electron chi connectivity index (χ3n) is 9.63. The van der Waals surface area contributed by atoms with Crippen LogP contribution in [0.1, 0.15) is 59.1 Å². The van der Waals surface area contributed by atoms with Gasteiger partial charge in [0, 0.05) is 35.9 Å². The molecule has 4 unspecified atom stereocenters. The smallest absolute Gasteiger partial charge is 0.312 e. The Kier molecular flexibility index (Phi) is 5.41. The van der Waals surface area contributed by atoms with E-state index >= 15 is 0 Å². The molecule has 1 saturated heterocycles. The molecule has 0 spiro atoms. The molecule has 2 fully saturated rings.